The first-order chi connectivity index (χ1) is 9.12. The van der Waals surface area contributed by atoms with Gasteiger partial charge in [-0.1, -0.05) is 0 Å². The van der Waals surface area contributed by atoms with Crippen LogP contribution in [0.2, 0.25) is 0 Å². The van der Waals surface area contributed by atoms with Crippen molar-refractivity contribution in [1.82, 2.24) is 15.1 Å². The van der Waals surface area contributed by atoms with Crippen molar-refractivity contribution in [2.24, 2.45) is 11.3 Å². The highest BCUT2D eigenvalue weighted by atomic mass is 35.5. The van der Waals surface area contributed by atoms with Gasteiger partial charge in [-0.25, -0.2) is 0 Å². The molecule has 2 saturated heterocycles. The maximum atomic E-state index is 12.6. The van der Waals surface area contributed by atoms with Gasteiger partial charge < -0.3 is 10.2 Å². The number of nitrogens with one attached hydrogen (secondary N) is 1. The molecule has 0 aromatic carbocycles. The number of piperidine rings is 1. The molecule has 1 aliphatic carbocycles. The Balaban J connectivity index is 0.00000110. The van der Waals surface area contributed by atoms with Crippen LogP contribution in [0.25, 0.3) is 0 Å². The van der Waals surface area contributed by atoms with Crippen molar-refractivity contribution < 1.29 is 4.79 Å². The van der Waals surface area contributed by atoms with Crippen LogP contribution in [-0.2, 0) is 4.79 Å². The highest BCUT2D eigenvalue weighted by molar-refractivity contribution is 5.85. The molecule has 3 fully saturated rings. The van der Waals surface area contributed by atoms with Gasteiger partial charge in [0.15, 0.2) is 0 Å². The Bertz CT molecular complexity index is 351. The van der Waals surface area contributed by atoms with Crippen LogP contribution in [0, 0.1) is 11.3 Å². The Kier molecular flexibility index (Phi) is 6.79. The van der Waals surface area contributed by atoms with Gasteiger partial charge in [-0.05, 0) is 51.6 Å². The first kappa shape index (κ1) is 19.0. The molecule has 1 atom stereocenters. The van der Waals surface area contributed by atoms with E-state index in [4.69, 9.17) is 0 Å². The molecule has 3 aliphatic rings. The van der Waals surface area contributed by atoms with E-state index in [2.05, 4.69) is 29.0 Å². The summed E-state index contributed by atoms with van der Waals surface area (Å²) in [6.07, 6.45) is 3.56. The normalized spacial score (nSPS) is 28.0. The molecule has 2 aliphatic heterocycles. The molecule has 1 spiro atoms. The zero-order valence-corrected chi connectivity index (χ0v) is 14.8. The third-order valence-corrected chi connectivity index (χ3v) is 5.44. The van der Waals surface area contributed by atoms with Crippen LogP contribution < -0.4 is 5.32 Å². The second kappa shape index (κ2) is 7.49. The van der Waals surface area contributed by atoms with Crippen LogP contribution in [0.5, 0.6) is 0 Å². The predicted octanol–water partition coefficient (Wildman–Crippen LogP) is 1.77. The van der Waals surface area contributed by atoms with Crippen LogP contribution in [0.4, 0.5) is 0 Å². The number of amides is 1. The number of piperazine rings is 1. The lowest BCUT2D eigenvalue weighted by Crippen LogP contribution is -2.51. The van der Waals surface area contributed by atoms with E-state index in [1.165, 1.54) is 12.8 Å². The summed E-state index contributed by atoms with van der Waals surface area (Å²) in [6, 6.07) is 0.605. The molecule has 2 heterocycles. The van der Waals surface area contributed by atoms with E-state index >= 15 is 0 Å². The van der Waals surface area contributed by atoms with E-state index < -0.39 is 0 Å². The van der Waals surface area contributed by atoms with Gasteiger partial charge in [0, 0.05) is 38.1 Å². The van der Waals surface area contributed by atoms with Crippen molar-refractivity contribution in [1.29, 1.82) is 0 Å². The molecule has 124 valence electrons. The van der Waals surface area contributed by atoms with Crippen molar-refractivity contribution in [2.75, 3.05) is 39.3 Å². The number of carbonyl (C=O) groups is 1. The van der Waals surface area contributed by atoms with Crippen LogP contribution in [-0.4, -0.2) is 61.0 Å². The minimum atomic E-state index is 0. The predicted molar refractivity (Wildman–Crippen MR) is 90.4 cm³/mol. The number of hydrogen-bond donors (Lipinski definition) is 1. The van der Waals surface area contributed by atoms with Gasteiger partial charge in [-0.15, -0.1) is 24.8 Å². The van der Waals surface area contributed by atoms with Crippen LogP contribution >= 0.6 is 24.8 Å². The topological polar surface area (TPSA) is 35.6 Å². The quantitative estimate of drug-likeness (QED) is 0.834. The summed E-state index contributed by atoms with van der Waals surface area (Å²) >= 11 is 0. The minimum absolute atomic E-state index is 0. The zero-order valence-electron chi connectivity index (χ0n) is 13.1. The van der Waals surface area contributed by atoms with Gasteiger partial charge in [0.2, 0.25) is 5.91 Å². The molecule has 0 radical (unpaired) electrons. The Morgan fingerprint density at radius 3 is 2.19 bits per heavy atom. The maximum absolute atomic E-state index is 12.6. The standard InChI is InChI=1S/C15H27N3O.2ClH/c1-12(2)17-7-9-18(10-8-17)14(19)13-11-15(13)3-5-16-6-4-15;;/h12-13,16H,3-11H2,1-2H3;2*1H. The molecular formula is C15H29Cl2N3O. The van der Waals surface area contributed by atoms with E-state index in [9.17, 15) is 4.79 Å². The molecule has 0 aromatic rings. The molecular weight excluding hydrogens is 309 g/mol. The Morgan fingerprint density at radius 2 is 1.67 bits per heavy atom. The zero-order chi connectivity index (χ0) is 13.5. The van der Waals surface area contributed by atoms with Gasteiger partial charge in [-0.3, -0.25) is 9.69 Å². The average molecular weight is 338 g/mol. The molecule has 21 heavy (non-hydrogen) atoms. The van der Waals surface area contributed by atoms with Crippen molar-refractivity contribution in [3.8, 4) is 0 Å². The highest BCUT2D eigenvalue weighted by Gasteiger charge is 2.58. The highest BCUT2D eigenvalue weighted by Crippen LogP contribution is 2.59. The van der Waals surface area contributed by atoms with Crippen molar-refractivity contribution in [2.45, 2.75) is 39.2 Å². The summed E-state index contributed by atoms with van der Waals surface area (Å²) in [7, 11) is 0. The summed E-state index contributed by atoms with van der Waals surface area (Å²) < 4.78 is 0. The van der Waals surface area contributed by atoms with E-state index in [0.29, 0.717) is 23.3 Å². The van der Waals surface area contributed by atoms with Gasteiger partial charge in [0.05, 0.1) is 0 Å². The summed E-state index contributed by atoms with van der Waals surface area (Å²) in [5, 5.41) is 3.41. The molecule has 6 heteroatoms. The average Bonchev–Trinajstić information content (AvgIpc) is 3.12. The second-order valence-corrected chi connectivity index (χ2v) is 6.82. The van der Waals surface area contributed by atoms with Gasteiger partial charge in [-0.2, -0.15) is 0 Å². The van der Waals surface area contributed by atoms with E-state index in [1.807, 2.05) is 0 Å². The van der Waals surface area contributed by atoms with Crippen LogP contribution in [0.3, 0.4) is 0 Å². The summed E-state index contributed by atoms with van der Waals surface area (Å²) in [4.78, 5) is 17.2. The number of rotatable bonds is 2. The first-order valence-corrected chi connectivity index (χ1v) is 7.86. The van der Waals surface area contributed by atoms with Crippen molar-refractivity contribution in [3.63, 3.8) is 0 Å². The van der Waals surface area contributed by atoms with Gasteiger partial charge in [0.25, 0.3) is 0 Å². The maximum Gasteiger partial charge on any atom is 0.226 e. The second-order valence-electron chi connectivity index (χ2n) is 6.82. The smallest absolute Gasteiger partial charge is 0.226 e. The molecule has 4 nitrogen and oxygen atoms in total. The third kappa shape index (κ3) is 3.84. The van der Waals surface area contributed by atoms with Gasteiger partial charge >= 0.3 is 0 Å². The van der Waals surface area contributed by atoms with Crippen molar-refractivity contribution >= 4 is 30.7 Å². The molecule has 3 rings (SSSR count). The minimum Gasteiger partial charge on any atom is -0.340 e. The van der Waals surface area contributed by atoms with Crippen LogP contribution in [0.1, 0.15) is 33.1 Å². The Morgan fingerprint density at radius 1 is 1.10 bits per heavy atom. The molecule has 0 bridgehead atoms. The number of carbonyl (C=O) groups excluding carboxylic acids is 1. The van der Waals surface area contributed by atoms with E-state index in [1.54, 1.807) is 0 Å². The molecule has 1 N–H and O–H groups in total. The van der Waals surface area contributed by atoms with E-state index in [-0.39, 0.29) is 24.8 Å². The van der Waals surface area contributed by atoms with E-state index in [0.717, 1.165) is 45.7 Å². The molecule has 1 amide bonds. The fourth-order valence-corrected chi connectivity index (χ4v) is 3.85. The lowest BCUT2D eigenvalue weighted by Gasteiger charge is -2.37. The number of hydrogen-bond acceptors (Lipinski definition) is 3. The molecule has 0 aromatic heterocycles. The fourth-order valence-electron chi connectivity index (χ4n) is 3.85. The summed E-state index contributed by atoms with van der Waals surface area (Å²) in [6.45, 7) is 10.6. The lowest BCUT2D eigenvalue weighted by atomic mass is 9.91. The third-order valence-electron chi connectivity index (χ3n) is 5.44. The van der Waals surface area contributed by atoms with Crippen LogP contribution in [0.15, 0.2) is 0 Å². The Labute approximate surface area is 140 Å². The van der Waals surface area contributed by atoms with Crippen molar-refractivity contribution in [3.05, 3.63) is 0 Å². The first-order valence-electron chi connectivity index (χ1n) is 7.86. The molecule has 1 unspecified atom stereocenters. The Hall–Kier alpha value is -0.0300. The number of nitrogens with zero attached hydrogens (tertiary/aromatic N) is 2. The lowest BCUT2D eigenvalue weighted by molar-refractivity contribution is -0.135. The largest absolute Gasteiger partial charge is 0.340 e. The molecule has 1 saturated carbocycles. The number of halogens is 2. The monoisotopic (exact) mass is 337 g/mol. The summed E-state index contributed by atoms with van der Waals surface area (Å²) in [5.74, 6) is 0.797. The fraction of sp³-hybridized carbons (Fsp3) is 0.933. The summed E-state index contributed by atoms with van der Waals surface area (Å²) in [5.41, 5.74) is 0.386. The SMILES string of the molecule is CC(C)N1CCN(C(=O)C2CC23CCNCC3)CC1.Cl.Cl. The van der Waals surface area contributed by atoms with Gasteiger partial charge in [0.1, 0.15) is 0 Å².